The third-order valence-electron chi connectivity index (χ3n) is 4.40. The molecular formula is C22H21N7OS. The molecule has 0 aliphatic rings. The number of anilines is 3. The molecule has 8 nitrogen and oxygen atoms in total. The average Bonchev–Trinajstić information content (AvgIpc) is 3.44. The minimum atomic E-state index is 0.411. The van der Waals surface area contributed by atoms with Gasteiger partial charge in [0.2, 0.25) is 5.69 Å². The molecule has 0 aliphatic carbocycles. The molecule has 0 radical (unpaired) electrons. The fourth-order valence-corrected chi connectivity index (χ4v) is 3.69. The van der Waals surface area contributed by atoms with Crippen molar-refractivity contribution in [1.82, 2.24) is 20.2 Å². The second-order valence-electron chi connectivity index (χ2n) is 6.81. The number of nitrogens with zero attached hydrogens (tertiary/aromatic N) is 4. The van der Waals surface area contributed by atoms with E-state index >= 15 is 0 Å². The van der Waals surface area contributed by atoms with Gasteiger partial charge in [-0.2, -0.15) is 5.10 Å². The molecule has 0 bridgehead atoms. The third-order valence-corrected chi connectivity index (χ3v) is 5.30. The van der Waals surface area contributed by atoms with Crippen LogP contribution in [0.4, 0.5) is 23.1 Å². The van der Waals surface area contributed by atoms with Gasteiger partial charge in [-0.25, -0.2) is 9.83 Å². The van der Waals surface area contributed by atoms with Gasteiger partial charge in [0.15, 0.2) is 5.82 Å². The fraction of sp³-hybridized carbons (Fsp3) is 0.182. The lowest BCUT2D eigenvalue weighted by Gasteiger charge is -2.14. The van der Waals surface area contributed by atoms with Gasteiger partial charge in [-0.1, -0.05) is 6.07 Å². The normalized spacial score (nSPS) is 10.5. The monoisotopic (exact) mass is 431 g/mol. The third kappa shape index (κ3) is 4.99. The summed E-state index contributed by atoms with van der Waals surface area (Å²) in [6.07, 6.45) is 1.70. The molecule has 4 aromatic heterocycles. The summed E-state index contributed by atoms with van der Waals surface area (Å²) in [6, 6.07) is 11.5. The quantitative estimate of drug-likeness (QED) is 0.258. The predicted octanol–water partition coefficient (Wildman–Crippen LogP) is 5.33. The van der Waals surface area contributed by atoms with Gasteiger partial charge >= 0.3 is 0 Å². The Bertz CT molecular complexity index is 1190. The van der Waals surface area contributed by atoms with E-state index in [1.807, 2.05) is 55.6 Å². The van der Waals surface area contributed by atoms with E-state index in [-0.39, 0.29) is 0 Å². The van der Waals surface area contributed by atoms with E-state index in [2.05, 4.69) is 35.6 Å². The lowest BCUT2D eigenvalue weighted by molar-refractivity contribution is 0.331. The number of pyridine rings is 2. The molecule has 0 spiro atoms. The summed E-state index contributed by atoms with van der Waals surface area (Å²) in [4.78, 5) is 13.6. The van der Waals surface area contributed by atoms with Crippen molar-refractivity contribution in [3.63, 3.8) is 0 Å². The Kier molecular flexibility index (Phi) is 6.10. The minimum absolute atomic E-state index is 0.411. The van der Waals surface area contributed by atoms with Crippen LogP contribution in [0, 0.1) is 20.4 Å². The van der Waals surface area contributed by atoms with Crippen molar-refractivity contribution in [3.05, 3.63) is 70.8 Å². The first-order valence-corrected chi connectivity index (χ1v) is 10.5. The van der Waals surface area contributed by atoms with Crippen molar-refractivity contribution >= 4 is 34.5 Å². The molecule has 0 saturated carbocycles. The fourth-order valence-electron chi connectivity index (χ4n) is 2.95. The van der Waals surface area contributed by atoms with Crippen LogP contribution in [0.3, 0.4) is 0 Å². The zero-order valence-corrected chi connectivity index (χ0v) is 18.0. The van der Waals surface area contributed by atoms with E-state index in [4.69, 9.17) is 11.3 Å². The van der Waals surface area contributed by atoms with Crippen LogP contribution in [0.2, 0.25) is 0 Å². The van der Waals surface area contributed by atoms with Crippen LogP contribution in [0.5, 0.6) is 5.75 Å². The van der Waals surface area contributed by atoms with Crippen LogP contribution >= 0.6 is 11.3 Å². The number of hydrogen-bond acceptors (Lipinski definition) is 7. The number of hydrogen-bond donors (Lipinski definition) is 3. The Morgan fingerprint density at radius 3 is 2.77 bits per heavy atom. The largest absolute Gasteiger partial charge is 0.490 e. The van der Waals surface area contributed by atoms with Crippen LogP contribution in [0.25, 0.3) is 15.3 Å². The number of nitrogens with one attached hydrogen (secondary N) is 3. The zero-order chi connectivity index (χ0) is 21.6. The molecule has 0 aliphatic heterocycles. The topological polar surface area (TPSA) is 92.1 Å². The molecule has 156 valence electrons. The van der Waals surface area contributed by atoms with Gasteiger partial charge in [0.1, 0.15) is 24.0 Å². The highest BCUT2D eigenvalue weighted by molar-refractivity contribution is 7.13. The molecular weight excluding hydrogens is 410 g/mol. The molecule has 0 fully saturated rings. The molecule has 0 aromatic carbocycles. The second kappa shape index (κ2) is 9.28. The lowest BCUT2D eigenvalue weighted by atomic mass is 10.1. The Morgan fingerprint density at radius 1 is 1.19 bits per heavy atom. The maximum Gasteiger partial charge on any atom is 0.236 e. The van der Waals surface area contributed by atoms with Gasteiger partial charge in [0.05, 0.1) is 12.8 Å². The highest BCUT2D eigenvalue weighted by Gasteiger charge is 2.16. The van der Waals surface area contributed by atoms with Crippen LogP contribution in [0.1, 0.15) is 11.4 Å². The standard InChI is InChI=1S/C22H21N7OS/c1-14-6-7-16(13-25-14)30-9-8-24-22-21(23-3)17(18-5-4-10-31-18)12-19(27-22)26-20-11-15(2)28-29-20/h4-7,10-13H,8-9H2,1-2H3,(H3,24,26,27,28,29). The number of thiophene rings is 1. The van der Waals surface area contributed by atoms with Gasteiger partial charge in [-0.05, 0) is 43.5 Å². The van der Waals surface area contributed by atoms with Gasteiger partial charge < -0.3 is 15.4 Å². The van der Waals surface area contributed by atoms with Gasteiger partial charge in [0, 0.05) is 34.4 Å². The molecule has 0 amide bonds. The molecule has 0 atom stereocenters. The SMILES string of the molecule is [C-]#[N+]c1c(-c2cccs2)cc(Nc2cc(C)[nH]n2)nc1NCCOc1ccc(C)nc1. The van der Waals surface area contributed by atoms with Crippen LogP contribution in [-0.2, 0) is 0 Å². The van der Waals surface area contributed by atoms with E-state index < -0.39 is 0 Å². The first-order valence-electron chi connectivity index (χ1n) is 9.67. The molecule has 4 heterocycles. The summed E-state index contributed by atoms with van der Waals surface area (Å²) >= 11 is 1.58. The summed E-state index contributed by atoms with van der Waals surface area (Å²) in [7, 11) is 0. The molecule has 4 aromatic rings. The molecule has 0 unspecified atom stereocenters. The van der Waals surface area contributed by atoms with Crippen molar-refractivity contribution in [2.75, 3.05) is 23.8 Å². The highest BCUT2D eigenvalue weighted by atomic mass is 32.1. The number of H-pyrrole nitrogens is 1. The molecule has 3 N–H and O–H groups in total. The highest BCUT2D eigenvalue weighted by Crippen LogP contribution is 2.40. The van der Waals surface area contributed by atoms with Crippen molar-refractivity contribution in [3.8, 4) is 16.2 Å². The average molecular weight is 432 g/mol. The van der Waals surface area contributed by atoms with E-state index in [0.717, 1.165) is 21.8 Å². The van der Waals surface area contributed by atoms with Gasteiger partial charge in [-0.3, -0.25) is 10.1 Å². The Morgan fingerprint density at radius 2 is 2.10 bits per heavy atom. The van der Waals surface area contributed by atoms with E-state index in [1.165, 1.54) is 0 Å². The smallest absolute Gasteiger partial charge is 0.236 e. The lowest BCUT2D eigenvalue weighted by Crippen LogP contribution is -2.13. The van der Waals surface area contributed by atoms with Crippen molar-refractivity contribution in [2.24, 2.45) is 0 Å². The van der Waals surface area contributed by atoms with Crippen molar-refractivity contribution < 1.29 is 4.74 Å². The van der Waals surface area contributed by atoms with E-state index in [0.29, 0.717) is 42.0 Å². The number of ether oxygens (including phenoxy) is 1. The van der Waals surface area contributed by atoms with Crippen molar-refractivity contribution in [2.45, 2.75) is 13.8 Å². The van der Waals surface area contributed by atoms with E-state index in [1.54, 1.807) is 17.5 Å². The summed E-state index contributed by atoms with van der Waals surface area (Å²) < 4.78 is 5.73. The summed E-state index contributed by atoms with van der Waals surface area (Å²) in [5, 5.41) is 15.6. The summed E-state index contributed by atoms with van der Waals surface area (Å²) in [5.74, 6) is 2.47. The van der Waals surface area contributed by atoms with E-state index in [9.17, 15) is 0 Å². The van der Waals surface area contributed by atoms with Gasteiger partial charge in [0.25, 0.3) is 0 Å². The van der Waals surface area contributed by atoms with Crippen LogP contribution < -0.4 is 15.4 Å². The zero-order valence-electron chi connectivity index (χ0n) is 17.1. The number of aryl methyl sites for hydroxylation is 2. The van der Waals surface area contributed by atoms with Gasteiger partial charge in [-0.15, -0.1) is 11.3 Å². The van der Waals surface area contributed by atoms with Crippen LogP contribution in [-0.4, -0.2) is 33.3 Å². The molecule has 9 heteroatoms. The maximum absolute atomic E-state index is 7.73. The number of rotatable bonds is 8. The number of aromatic nitrogens is 4. The Balaban J connectivity index is 1.55. The molecule has 4 rings (SSSR count). The molecule has 31 heavy (non-hydrogen) atoms. The second-order valence-corrected chi connectivity index (χ2v) is 7.76. The predicted molar refractivity (Wildman–Crippen MR) is 123 cm³/mol. The first-order chi connectivity index (χ1) is 15.1. The van der Waals surface area contributed by atoms with Crippen LogP contribution in [0.15, 0.2) is 48.0 Å². The maximum atomic E-state index is 7.73. The summed E-state index contributed by atoms with van der Waals surface area (Å²) in [6.45, 7) is 12.5. The van der Waals surface area contributed by atoms with Crippen molar-refractivity contribution in [1.29, 1.82) is 0 Å². The Hall–Kier alpha value is -3.90. The summed E-state index contributed by atoms with van der Waals surface area (Å²) in [5.41, 5.74) is 3.18. The first kappa shape index (κ1) is 20.4. The number of aromatic amines is 1. The Labute approximate surface area is 184 Å². The minimum Gasteiger partial charge on any atom is -0.490 e. The molecule has 0 saturated heterocycles.